The highest BCUT2D eigenvalue weighted by molar-refractivity contribution is 9.10. The third kappa shape index (κ3) is 3.76. The Balaban J connectivity index is 1.62. The van der Waals surface area contributed by atoms with Gasteiger partial charge in [-0.25, -0.2) is 4.98 Å². The lowest BCUT2D eigenvalue weighted by molar-refractivity contribution is 0.257. The van der Waals surface area contributed by atoms with E-state index in [1.165, 1.54) is 25.9 Å². The predicted octanol–water partition coefficient (Wildman–Crippen LogP) is 2.71. The van der Waals surface area contributed by atoms with E-state index in [1.807, 2.05) is 12.1 Å². The van der Waals surface area contributed by atoms with Crippen molar-refractivity contribution in [2.75, 3.05) is 26.2 Å². The zero-order chi connectivity index (χ0) is 11.2. The van der Waals surface area contributed by atoms with Crippen LogP contribution >= 0.6 is 15.9 Å². The fourth-order valence-corrected chi connectivity index (χ4v) is 2.15. The Morgan fingerprint density at radius 3 is 2.81 bits per heavy atom. The molecule has 3 nitrogen and oxygen atoms in total. The minimum Gasteiger partial charge on any atom is -0.478 e. The van der Waals surface area contributed by atoms with Gasteiger partial charge in [-0.15, -0.1) is 0 Å². The molecule has 1 aliphatic rings. The number of aromatic nitrogens is 1. The fraction of sp³-hybridized carbons (Fsp3) is 0.583. The summed E-state index contributed by atoms with van der Waals surface area (Å²) in [5.41, 5.74) is 0. The summed E-state index contributed by atoms with van der Waals surface area (Å²) in [5, 5.41) is 0. The lowest BCUT2D eigenvalue weighted by Gasteiger charge is -2.14. The summed E-state index contributed by atoms with van der Waals surface area (Å²) in [6.07, 6.45) is 5.55. The van der Waals surface area contributed by atoms with E-state index in [9.17, 15) is 0 Å². The third-order valence-corrected chi connectivity index (χ3v) is 3.24. The Hall–Kier alpha value is -0.610. The Morgan fingerprint density at radius 1 is 1.31 bits per heavy atom. The molecule has 0 saturated carbocycles. The molecule has 16 heavy (non-hydrogen) atoms. The standard InChI is InChI=1S/C12H17BrN2O/c13-11-4-5-12(14-10-11)16-9-3-8-15-6-1-2-7-15/h4-5,10H,1-3,6-9H2. The molecule has 0 N–H and O–H groups in total. The van der Waals surface area contributed by atoms with Crippen molar-refractivity contribution in [2.24, 2.45) is 0 Å². The smallest absolute Gasteiger partial charge is 0.213 e. The zero-order valence-electron chi connectivity index (χ0n) is 9.36. The molecule has 0 radical (unpaired) electrons. The molecule has 0 amide bonds. The molecular weight excluding hydrogens is 268 g/mol. The van der Waals surface area contributed by atoms with E-state index in [0.29, 0.717) is 5.88 Å². The van der Waals surface area contributed by atoms with E-state index in [1.54, 1.807) is 6.20 Å². The molecular formula is C12H17BrN2O. The maximum Gasteiger partial charge on any atom is 0.213 e. The molecule has 2 heterocycles. The summed E-state index contributed by atoms with van der Waals surface area (Å²) in [4.78, 5) is 6.66. The number of nitrogens with zero attached hydrogens (tertiary/aromatic N) is 2. The highest BCUT2D eigenvalue weighted by Gasteiger charge is 2.10. The first-order chi connectivity index (χ1) is 7.84. The monoisotopic (exact) mass is 284 g/mol. The van der Waals surface area contributed by atoms with Crippen molar-refractivity contribution in [1.82, 2.24) is 9.88 Å². The van der Waals surface area contributed by atoms with Crippen LogP contribution in [0.1, 0.15) is 19.3 Å². The highest BCUT2D eigenvalue weighted by Crippen LogP contribution is 2.12. The van der Waals surface area contributed by atoms with Gasteiger partial charge >= 0.3 is 0 Å². The van der Waals surface area contributed by atoms with E-state index >= 15 is 0 Å². The van der Waals surface area contributed by atoms with Crippen LogP contribution in [0.3, 0.4) is 0 Å². The number of likely N-dealkylation sites (tertiary alicyclic amines) is 1. The molecule has 1 aromatic rings. The zero-order valence-corrected chi connectivity index (χ0v) is 10.9. The second kappa shape index (κ2) is 6.21. The van der Waals surface area contributed by atoms with Crippen molar-refractivity contribution in [2.45, 2.75) is 19.3 Å². The molecule has 1 saturated heterocycles. The maximum atomic E-state index is 5.56. The fourth-order valence-electron chi connectivity index (χ4n) is 1.92. The molecule has 88 valence electrons. The average Bonchev–Trinajstić information content (AvgIpc) is 2.80. The summed E-state index contributed by atoms with van der Waals surface area (Å²) in [5.74, 6) is 0.713. The summed E-state index contributed by atoms with van der Waals surface area (Å²) < 4.78 is 6.55. The first-order valence-electron chi connectivity index (χ1n) is 5.81. The SMILES string of the molecule is Brc1ccc(OCCCN2CCCC2)nc1. The quantitative estimate of drug-likeness (QED) is 0.778. The minimum atomic E-state index is 0.713. The Bertz CT molecular complexity index is 309. The van der Waals surface area contributed by atoms with Crippen LogP contribution in [0, 0.1) is 0 Å². The van der Waals surface area contributed by atoms with Gasteiger partial charge in [0.2, 0.25) is 5.88 Å². The normalized spacial score (nSPS) is 16.6. The highest BCUT2D eigenvalue weighted by atomic mass is 79.9. The van der Waals surface area contributed by atoms with E-state index in [4.69, 9.17) is 4.74 Å². The molecule has 0 atom stereocenters. The van der Waals surface area contributed by atoms with Crippen LogP contribution in [0.2, 0.25) is 0 Å². The second-order valence-corrected chi connectivity index (χ2v) is 4.98. The van der Waals surface area contributed by atoms with Crippen molar-refractivity contribution in [3.63, 3.8) is 0 Å². The second-order valence-electron chi connectivity index (χ2n) is 4.07. The first-order valence-corrected chi connectivity index (χ1v) is 6.60. The lowest BCUT2D eigenvalue weighted by Crippen LogP contribution is -2.21. The summed E-state index contributed by atoms with van der Waals surface area (Å²) >= 11 is 3.35. The maximum absolute atomic E-state index is 5.56. The van der Waals surface area contributed by atoms with Gasteiger partial charge < -0.3 is 9.64 Å². The van der Waals surface area contributed by atoms with Crippen LogP contribution in [0.5, 0.6) is 5.88 Å². The van der Waals surface area contributed by atoms with Crippen molar-refractivity contribution < 1.29 is 4.74 Å². The molecule has 0 spiro atoms. The average molecular weight is 285 g/mol. The molecule has 4 heteroatoms. The van der Waals surface area contributed by atoms with Crippen LogP contribution in [0.25, 0.3) is 0 Å². The molecule has 0 unspecified atom stereocenters. The first kappa shape index (κ1) is 11.9. The van der Waals surface area contributed by atoms with Gasteiger partial charge in [-0.1, -0.05) is 0 Å². The van der Waals surface area contributed by atoms with Crippen molar-refractivity contribution in [3.05, 3.63) is 22.8 Å². The third-order valence-electron chi connectivity index (χ3n) is 2.77. The number of rotatable bonds is 5. The molecule has 0 aromatic carbocycles. The molecule has 2 rings (SSSR count). The lowest BCUT2D eigenvalue weighted by atomic mass is 10.4. The van der Waals surface area contributed by atoms with Crippen LogP contribution in [0.4, 0.5) is 0 Å². The van der Waals surface area contributed by atoms with Gasteiger partial charge in [-0.05, 0) is 54.3 Å². The predicted molar refractivity (Wildman–Crippen MR) is 67.7 cm³/mol. The Labute approximate surface area is 105 Å². The van der Waals surface area contributed by atoms with Crippen LogP contribution in [0.15, 0.2) is 22.8 Å². The van der Waals surface area contributed by atoms with Gasteiger partial charge in [-0.2, -0.15) is 0 Å². The summed E-state index contributed by atoms with van der Waals surface area (Å²) in [6, 6.07) is 3.84. The van der Waals surface area contributed by atoms with Gasteiger partial charge in [0.25, 0.3) is 0 Å². The Kier molecular flexibility index (Phi) is 4.60. The van der Waals surface area contributed by atoms with Crippen LogP contribution in [-0.4, -0.2) is 36.1 Å². The van der Waals surface area contributed by atoms with Gasteiger partial charge in [0.05, 0.1) is 6.61 Å². The van der Waals surface area contributed by atoms with Crippen molar-refractivity contribution >= 4 is 15.9 Å². The van der Waals surface area contributed by atoms with Gasteiger partial charge in [0.15, 0.2) is 0 Å². The molecule has 0 bridgehead atoms. The van der Waals surface area contributed by atoms with E-state index in [2.05, 4.69) is 25.8 Å². The number of ether oxygens (including phenoxy) is 1. The molecule has 1 aliphatic heterocycles. The minimum absolute atomic E-state index is 0.713. The topological polar surface area (TPSA) is 25.4 Å². The summed E-state index contributed by atoms with van der Waals surface area (Å²) in [7, 11) is 0. The van der Waals surface area contributed by atoms with E-state index in [0.717, 1.165) is 24.0 Å². The van der Waals surface area contributed by atoms with Crippen LogP contribution in [-0.2, 0) is 0 Å². The largest absolute Gasteiger partial charge is 0.478 e. The number of hydrogen-bond acceptors (Lipinski definition) is 3. The number of hydrogen-bond donors (Lipinski definition) is 0. The Morgan fingerprint density at radius 2 is 2.12 bits per heavy atom. The van der Waals surface area contributed by atoms with Gasteiger partial charge in [0.1, 0.15) is 0 Å². The summed E-state index contributed by atoms with van der Waals surface area (Å²) in [6.45, 7) is 4.43. The van der Waals surface area contributed by atoms with E-state index < -0.39 is 0 Å². The van der Waals surface area contributed by atoms with Gasteiger partial charge in [0, 0.05) is 23.3 Å². The number of halogens is 1. The van der Waals surface area contributed by atoms with Crippen molar-refractivity contribution in [3.8, 4) is 5.88 Å². The van der Waals surface area contributed by atoms with E-state index in [-0.39, 0.29) is 0 Å². The molecule has 1 aromatic heterocycles. The van der Waals surface area contributed by atoms with Gasteiger partial charge in [-0.3, -0.25) is 0 Å². The number of pyridine rings is 1. The molecule has 0 aliphatic carbocycles. The van der Waals surface area contributed by atoms with Crippen molar-refractivity contribution in [1.29, 1.82) is 0 Å². The van der Waals surface area contributed by atoms with Crippen LogP contribution < -0.4 is 4.74 Å². The molecule has 1 fully saturated rings.